The van der Waals surface area contributed by atoms with Gasteiger partial charge >= 0.3 is 11.9 Å². The number of carbonyl (C=O) groups is 2. The largest absolute Gasteiger partial charge is 0.459 e. The number of nitrogens with zero attached hydrogens (tertiary/aromatic N) is 2. The molecule has 29 heavy (non-hydrogen) atoms. The number of hydrogen-bond acceptors (Lipinski definition) is 5. The standard InChI is InChI=1S/C23H33N2O4/c1-8-15(4)28-22(26)19-11-18(12-25(7)13-19)20-10-14(3)24-17(6)21(20)23(27)29-16(5)9-2/h11-13,15-16,20H,8-10H2,1-7H3/q+1. The number of esters is 2. The first-order chi connectivity index (χ1) is 13.7. The molecule has 0 fully saturated rings. The van der Waals surface area contributed by atoms with Crippen molar-refractivity contribution in [2.75, 3.05) is 0 Å². The molecular weight excluding hydrogens is 368 g/mol. The lowest BCUT2D eigenvalue weighted by molar-refractivity contribution is -0.672. The smallest absolute Gasteiger partial charge is 0.344 e. The number of pyridine rings is 1. The summed E-state index contributed by atoms with van der Waals surface area (Å²) in [6.45, 7) is 11.5. The van der Waals surface area contributed by atoms with E-state index in [9.17, 15) is 9.59 Å². The molecule has 0 amide bonds. The molecular formula is C23H33N2O4+. The van der Waals surface area contributed by atoms with Crippen molar-refractivity contribution in [1.82, 2.24) is 0 Å². The minimum absolute atomic E-state index is 0.149. The Morgan fingerprint density at radius 1 is 1.10 bits per heavy atom. The minimum Gasteiger partial charge on any atom is -0.459 e. The van der Waals surface area contributed by atoms with Gasteiger partial charge in [0.1, 0.15) is 12.6 Å². The molecule has 0 N–H and O–H groups in total. The SMILES string of the molecule is CCC(C)OC(=O)C1=C(C)N=C(C)CC1c1cc(C(=O)OC(C)CC)c[n+](C)c1. The van der Waals surface area contributed by atoms with E-state index in [2.05, 4.69) is 4.99 Å². The molecule has 0 aliphatic carbocycles. The van der Waals surface area contributed by atoms with Crippen LogP contribution in [0.5, 0.6) is 0 Å². The molecule has 1 aromatic heterocycles. The van der Waals surface area contributed by atoms with Crippen molar-refractivity contribution in [1.29, 1.82) is 0 Å². The number of allylic oxidation sites excluding steroid dienone is 1. The van der Waals surface area contributed by atoms with Gasteiger partial charge in [-0.1, -0.05) is 13.8 Å². The quantitative estimate of drug-likeness (QED) is 0.511. The molecule has 158 valence electrons. The maximum atomic E-state index is 12.9. The van der Waals surface area contributed by atoms with E-state index in [1.165, 1.54) is 0 Å². The van der Waals surface area contributed by atoms with Crippen molar-refractivity contribution in [2.24, 2.45) is 12.0 Å². The molecule has 1 aliphatic heterocycles. The first-order valence-corrected chi connectivity index (χ1v) is 10.3. The Hall–Kier alpha value is -2.50. The van der Waals surface area contributed by atoms with Crippen molar-refractivity contribution in [3.63, 3.8) is 0 Å². The summed E-state index contributed by atoms with van der Waals surface area (Å²) in [5.74, 6) is -0.914. The van der Waals surface area contributed by atoms with Crippen LogP contribution in [0.1, 0.15) is 82.6 Å². The monoisotopic (exact) mass is 401 g/mol. The number of aryl methyl sites for hydroxylation is 1. The van der Waals surface area contributed by atoms with E-state index >= 15 is 0 Å². The maximum Gasteiger partial charge on any atom is 0.344 e. The summed E-state index contributed by atoms with van der Waals surface area (Å²) < 4.78 is 12.9. The average Bonchev–Trinajstić information content (AvgIpc) is 2.66. The fourth-order valence-electron chi connectivity index (χ4n) is 3.33. The van der Waals surface area contributed by atoms with Gasteiger partial charge in [-0.3, -0.25) is 4.99 Å². The highest BCUT2D eigenvalue weighted by Gasteiger charge is 2.33. The Morgan fingerprint density at radius 3 is 2.28 bits per heavy atom. The van der Waals surface area contributed by atoms with Crippen LogP contribution in [0.2, 0.25) is 0 Å². The average molecular weight is 402 g/mol. The second-order valence-corrected chi connectivity index (χ2v) is 7.87. The second-order valence-electron chi connectivity index (χ2n) is 7.87. The van der Waals surface area contributed by atoms with Crippen molar-refractivity contribution in [3.05, 3.63) is 40.9 Å². The third kappa shape index (κ3) is 5.75. The second kappa shape index (κ2) is 9.81. The van der Waals surface area contributed by atoms with E-state index in [0.717, 1.165) is 24.1 Å². The molecule has 0 bridgehead atoms. The summed E-state index contributed by atoms with van der Waals surface area (Å²) in [4.78, 5) is 30.0. The van der Waals surface area contributed by atoms with Crippen LogP contribution < -0.4 is 4.57 Å². The number of hydrogen-bond donors (Lipinski definition) is 0. The van der Waals surface area contributed by atoms with Crippen LogP contribution in [0.4, 0.5) is 0 Å². The molecule has 0 spiro atoms. The zero-order chi connectivity index (χ0) is 21.7. The van der Waals surface area contributed by atoms with Gasteiger partial charge in [0.25, 0.3) is 0 Å². The van der Waals surface area contributed by atoms with Gasteiger partial charge in [0.15, 0.2) is 12.4 Å². The lowest BCUT2D eigenvalue weighted by Gasteiger charge is -2.25. The van der Waals surface area contributed by atoms with Crippen molar-refractivity contribution >= 4 is 17.7 Å². The molecule has 2 heterocycles. The summed E-state index contributed by atoms with van der Waals surface area (Å²) >= 11 is 0. The summed E-state index contributed by atoms with van der Waals surface area (Å²) in [5.41, 5.74) is 3.52. The van der Waals surface area contributed by atoms with Crippen LogP contribution in [-0.4, -0.2) is 29.9 Å². The zero-order valence-corrected chi connectivity index (χ0v) is 18.6. The van der Waals surface area contributed by atoms with Gasteiger partial charge in [-0.2, -0.15) is 0 Å². The van der Waals surface area contributed by atoms with Crippen LogP contribution in [0.25, 0.3) is 0 Å². The maximum absolute atomic E-state index is 12.9. The third-order valence-corrected chi connectivity index (χ3v) is 5.24. The number of aliphatic imine (C=N–C) groups is 1. The first-order valence-electron chi connectivity index (χ1n) is 10.3. The third-order valence-electron chi connectivity index (χ3n) is 5.24. The molecule has 6 nitrogen and oxygen atoms in total. The van der Waals surface area contributed by atoms with Gasteiger partial charge in [0.2, 0.25) is 0 Å². The van der Waals surface area contributed by atoms with Crippen molar-refractivity contribution in [3.8, 4) is 0 Å². The van der Waals surface area contributed by atoms with Gasteiger partial charge in [0.05, 0.1) is 17.8 Å². The molecule has 0 saturated carbocycles. The normalized spacial score (nSPS) is 18.7. The van der Waals surface area contributed by atoms with Gasteiger partial charge < -0.3 is 9.47 Å². The highest BCUT2D eigenvalue weighted by atomic mass is 16.5. The zero-order valence-electron chi connectivity index (χ0n) is 18.6. The Kier molecular flexibility index (Phi) is 7.71. The van der Waals surface area contributed by atoms with E-state index in [0.29, 0.717) is 23.3 Å². The van der Waals surface area contributed by atoms with E-state index in [1.54, 1.807) is 6.20 Å². The first kappa shape index (κ1) is 22.8. The number of rotatable bonds is 7. The van der Waals surface area contributed by atoms with Crippen LogP contribution in [-0.2, 0) is 21.3 Å². The van der Waals surface area contributed by atoms with E-state index in [4.69, 9.17) is 9.47 Å². The van der Waals surface area contributed by atoms with Crippen molar-refractivity contribution in [2.45, 2.75) is 78.9 Å². The van der Waals surface area contributed by atoms with Gasteiger partial charge in [-0.05, 0) is 53.0 Å². The summed E-state index contributed by atoms with van der Waals surface area (Å²) in [5, 5.41) is 0. The Labute approximate surface area is 173 Å². The molecule has 1 aromatic rings. The summed E-state index contributed by atoms with van der Waals surface area (Å²) in [7, 11) is 1.86. The molecule has 3 atom stereocenters. The van der Waals surface area contributed by atoms with Crippen LogP contribution >= 0.6 is 0 Å². The Balaban J connectivity index is 2.44. The van der Waals surface area contributed by atoms with E-state index < -0.39 is 0 Å². The molecule has 3 unspecified atom stereocenters. The molecule has 1 aliphatic rings. The molecule has 6 heteroatoms. The number of carbonyl (C=O) groups excluding carboxylic acids is 2. The molecule has 0 radical (unpaired) electrons. The predicted octanol–water partition coefficient (Wildman–Crippen LogP) is 4.03. The Bertz CT molecular complexity index is 841. The van der Waals surface area contributed by atoms with Crippen LogP contribution in [0.15, 0.2) is 34.7 Å². The summed E-state index contributed by atoms with van der Waals surface area (Å²) in [6.07, 6.45) is 5.47. The number of aromatic nitrogens is 1. The Morgan fingerprint density at radius 2 is 1.69 bits per heavy atom. The highest BCUT2D eigenvalue weighted by molar-refractivity contribution is 5.96. The topological polar surface area (TPSA) is 68.8 Å². The van der Waals surface area contributed by atoms with Crippen LogP contribution in [0.3, 0.4) is 0 Å². The highest BCUT2D eigenvalue weighted by Crippen LogP contribution is 2.35. The molecule has 0 aromatic carbocycles. The fraction of sp³-hybridized carbons (Fsp3) is 0.565. The van der Waals surface area contributed by atoms with Crippen LogP contribution in [0, 0.1) is 0 Å². The van der Waals surface area contributed by atoms with Gasteiger partial charge in [-0.25, -0.2) is 14.2 Å². The lowest BCUT2D eigenvalue weighted by atomic mass is 9.84. The number of ether oxygens (including phenoxy) is 2. The van der Waals surface area contributed by atoms with E-state index in [1.807, 2.05) is 65.4 Å². The van der Waals surface area contributed by atoms with E-state index in [-0.39, 0.29) is 30.1 Å². The molecule has 2 rings (SSSR count). The van der Waals surface area contributed by atoms with Gasteiger partial charge in [-0.15, -0.1) is 0 Å². The summed E-state index contributed by atoms with van der Waals surface area (Å²) in [6, 6.07) is 1.82. The minimum atomic E-state index is -0.359. The molecule has 0 saturated heterocycles. The van der Waals surface area contributed by atoms with Gasteiger partial charge in [0, 0.05) is 22.9 Å². The van der Waals surface area contributed by atoms with Crippen molar-refractivity contribution < 1.29 is 23.6 Å². The lowest BCUT2D eigenvalue weighted by Crippen LogP contribution is -2.32. The predicted molar refractivity (Wildman–Crippen MR) is 112 cm³/mol. The fourth-order valence-corrected chi connectivity index (χ4v) is 3.33.